The van der Waals surface area contributed by atoms with Crippen LogP contribution in [0.1, 0.15) is 0 Å². The molecule has 4 nitrogen and oxygen atoms in total. The Morgan fingerprint density at radius 2 is 2.50 bits per heavy atom. The lowest BCUT2D eigenvalue weighted by Gasteiger charge is -1.85. The lowest BCUT2D eigenvalue weighted by atomic mass is 10.7. The predicted molar refractivity (Wildman–Crippen MR) is 26.3 cm³/mol. The van der Waals surface area contributed by atoms with Crippen LogP contribution in [0.15, 0.2) is 12.3 Å². The highest BCUT2D eigenvalue weighted by molar-refractivity contribution is 6.08. The predicted octanol–water partition coefficient (Wildman–Crippen LogP) is 0.404. The molecule has 1 aromatic rings. The Morgan fingerprint density at radius 3 is 2.88 bits per heavy atom. The molecule has 1 heterocycles. The van der Waals surface area contributed by atoms with Gasteiger partial charge in [0.2, 0.25) is 0 Å². The van der Waals surface area contributed by atoms with Crippen molar-refractivity contribution in [2.45, 2.75) is 0 Å². The van der Waals surface area contributed by atoms with Crippen LogP contribution in [0.4, 0.5) is 0 Å². The molecule has 0 aliphatic carbocycles. The number of rotatable bonds is 1. The SMILES string of the molecule is ClOc1ccnnn1. The molecule has 0 atom stereocenters. The number of nitrogens with zero attached hydrogens (tertiary/aromatic N) is 3. The first-order valence-corrected chi connectivity index (χ1v) is 2.17. The molecule has 0 radical (unpaired) electrons. The van der Waals surface area contributed by atoms with Gasteiger partial charge >= 0.3 is 0 Å². The molecular formula is C3H2ClN3O. The van der Waals surface area contributed by atoms with Gasteiger partial charge in [0.05, 0.1) is 6.20 Å². The molecule has 0 aliphatic heterocycles. The van der Waals surface area contributed by atoms with Crippen LogP contribution in [-0.4, -0.2) is 15.4 Å². The van der Waals surface area contributed by atoms with E-state index in [0.29, 0.717) is 0 Å². The second-order valence-electron chi connectivity index (χ2n) is 1.04. The Hall–Kier alpha value is -0.900. The van der Waals surface area contributed by atoms with Crippen molar-refractivity contribution in [2.75, 3.05) is 0 Å². The summed E-state index contributed by atoms with van der Waals surface area (Å²) in [5.74, 6) is 0.252. The minimum absolute atomic E-state index is 0.252. The standard InChI is InChI=1S/C3H2ClN3O/c4-8-3-1-2-5-7-6-3/h1-2H. The van der Waals surface area contributed by atoms with Crippen LogP contribution in [0.25, 0.3) is 0 Å². The molecule has 0 aliphatic rings. The summed E-state index contributed by atoms with van der Waals surface area (Å²) in [5, 5.41) is 10.0. The van der Waals surface area contributed by atoms with Gasteiger partial charge in [0.1, 0.15) is 11.9 Å². The van der Waals surface area contributed by atoms with E-state index in [0.717, 1.165) is 0 Å². The average Bonchev–Trinajstić information content (AvgIpc) is 1.90. The van der Waals surface area contributed by atoms with Crippen LogP contribution in [0.3, 0.4) is 0 Å². The topological polar surface area (TPSA) is 47.9 Å². The van der Waals surface area contributed by atoms with Crippen LogP contribution in [0.2, 0.25) is 0 Å². The fourth-order valence-electron chi connectivity index (χ4n) is 0.271. The lowest BCUT2D eigenvalue weighted by molar-refractivity contribution is 0.566. The minimum atomic E-state index is 0.252. The highest BCUT2D eigenvalue weighted by Gasteiger charge is 1.87. The maximum Gasteiger partial charge on any atom is 0.259 e. The molecule has 0 N–H and O–H groups in total. The van der Waals surface area contributed by atoms with E-state index < -0.39 is 0 Å². The maximum atomic E-state index is 4.90. The smallest absolute Gasteiger partial charge is 0.259 e. The summed E-state index contributed by atoms with van der Waals surface area (Å²) in [7, 11) is 0. The summed E-state index contributed by atoms with van der Waals surface area (Å²) in [6.07, 6.45) is 1.44. The quantitative estimate of drug-likeness (QED) is 0.554. The second-order valence-corrected chi connectivity index (χ2v) is 1.19. The molecule has 8 heavy (non-hydrogen) atoms. The van der Waals surface area contributed by atoms with Crippen LogP contribution >= 0.6 is 11.9 Å². The van der Waals surface area contributed by atoms with E-state index in [1.54, 1.807) is 0 Å². The summed E-state index contributed by atoms with van der Waals surface area (Å²) in [4.78, 5) is 0. The van der Waals surface area contributed by atoms with E-state index >= 15 is 0 Å². The van der Waals surface area contributed by atoms with E-state index in [2.05, 4.69) is 19.7 Å². The van der Waals surface area contributed by atoms with Crippen molar-refractivity contribution >= 4 is 11.9 Å². The molecule has 0 spiro atoms. The third-order valence-corrected chi connectivity index (χ3v) is 0.716. The van der Waals surface area contributed by atoms with E-state index in [9.17, 15) is 0 Å². The Morgan fingerprint density at radius 1 is 1.62 bits per heavy atom. The van der Waals surface area contributed by atoms with E-state index in [1.165, 1.54) is 12.3 Å². The van der Waals surface area contributed by atoms with E-state index in [-0.39, 0.29) is 5.88 Å². The normalized spacial score (nSPS) is 8.62. The molecule has 0 saturated heterocycles. The van der Waals surface area contributed by atoms with Crippen molar-refractivity contribution in [1.82, 2.24) is 15.4 Å². The van der Waals surface area contributed by atoms with Gasteiger partial charge in [0.25, 0.3) is 5.88 Å². The molecule has 5 heteroatoms. The van der Waals surface area contributed by atoms with Gasteiger partial charge in [-0.1, -0.05) is 5.10 Å². The van der Waals surface area contributed by atoms with Crippen molar-refractivity contribution in [3.63, 3.8) is 0 Å². The molecule has 0 saturated carbocycles. The number of aromatic nitrogens is 3. The van der Waals surface area contributed by atoms with Crippen molar-refractivity contribution < 1.29 is 4.29 Å². The zero-order chi connectivity index (χ0) is 5.82. The third-order valence-electron chi connectivity index (χ3n) is 0.558. The zero-order valence-electron chi connectivity index (χ0n) is 3.78. The van der Waals surface area contributed by atoms with Crippen molar-refractivity contribution in [3.8, 4) is 5.88 Å². The van der Waals surface area contributed by atoms with Gasteiger partial charge in [-0.2, -0.15) is 0 Å². The average molecular weight is 132 g/mol. The molecule has 0 fully saturated rings. The van der Waals surface area contributed by atoms with Gasteiger partial charge in [0, 0.05) is 6.07 Å². The third kappa shape index (κ3) is 1.04. The van der Waals surface area contributed by atoms with Crippen molar-refractivity contribution in [3.05, 3.63) is 12.3 Å². The Balaban J connectivity index is 2.83. The minimum Gasteiger partial charge on any atom is -0.363 e. The first-order valence-electron chi connectivity index (χ1n) is 1.86. The summed E-state index contributed by atoms with van der Waals surface area (Å²) < 4.78 is 4.17. The Kier molecular flexibility index (Phi) is 1.58. The van der Waals surface area contributed by atoms with Crippen LogP contribution in [0, 0.1) is 0 Å². The first-order chi connectivity index (χ1) is 3.93. The van der Waals surface area contributed by atoms with Gasteiger partial charge in [-0.15, -0.1) is 5.10 Å². The molecule has 1 rings (SSSR count). The highest BCUT2D eigenvalue weighted by atomic mass is 35.5. The molecule has 0 amide bonds. The van der Waals surface area contributed by atoms with Crippen molar-refractivity contribution in [1.29, 1.82) is 0 Å². The highest BCUT2D eigenvalue weighted by Crippen LogP contribution is 2.00. The summed E-state index contributed by atoms with van der Waals surface area (Å²) in [5.41, 5.74) is 0. The Labute approximate surface area is 50.6 Å². The van der Waals surface area contributed by atoms with Crippen LogP contribution < -0.4 is 4.29 Å². The zero-order valence-corrected chi connectivity index (χ0v) is 4.54. The Bertz CT molecular complexity index is 156. The van der Waals surface area contributed by atoms with Crippen molar-refractivity contribution in [2.24, 2.45) is 0 Å². The lowest BCUT2D eigenvalue weighted by Crippen LogP contribution is -1.86. The van der Waals surface area contributed by atoms with E-state index in [4.69, 9.17) is 11.9 Å². The molecule has 0 bridgehead atoms. The van der Waals surface area contributed by atoms with Gasteiger partial charge in [-0.25, -0.2) is 0 Å². The number of halogens is 1. The fraction of sp³-hybridized carbons (Fsp3) is 0. The second kappa shape index (κ2) is 2.42. The first kappa shape index (κ1) is 5.24. The number of hydrogen-bond acceptors (Lipinski definition) is 4. The fourth-order valence-corrected chi connectivity index (χ4v) is 0.354. The van der Waals surface area contributed by atoms with Gasteiger partial charge in [-0.3, -0.25) is 0 Å². The maximum absolute atomic E-state index is 4.90. The molecular weight excluding hydrogens is 130 g/mol. The van der Waals surface area contributed by atoms with E-state index in [1.807, 2.05) is 0 Å². The molecule has 1 aromatic heterocycles. The van der Waals surface area contributed by atoms with Gasteiger partial charge in [0.15, 0.2) is 0 Å². The summed E-state index contributed by atoms with van der Waals surface area (Å²) in [6.45, 7) is 0. The molecule has 0 unspecified atom stereocenters. The van der Waals surface area contributed by atoms with Crippen LogP contribution in [0.5, 0.6) is 5.88 Å². The number of hydrogen-bond donors (Lipinski definition) is 0. The monoisotopic (exact) mass is 131 g/mol. The van der Waals surface area contributed by atoms with Gasteiger partial charge in [-0.05, 0) is 5.21 Å². The van der Waals surface area contributed by atoms with Gasteiger partial charge < -0.3 is 4.29 Å². The largest absolute Gasteiger partial charge is 0.363 e. The summed E-state index contributed by atoms with van der Waals surface area (Å²) in [6, 6.07) is 1.50. The summed E-state index contributed by atoms with van der Waals surface area (Å²) >= 11 is 4.90. The van der Waals surface area contributed by atoms with Crippen LogP contribution in [-0.2, 0) is 0 Å². The molecule has 0 aromatic carbocycles. The molecule has 42 valence electrons.